The molecule has 4 nitrogen and oxygen atoms in total. The number of amides is 1. The summed E-state index contributed by atoms with van der Waals surface area (Å²) in [5, 5.41) is 3.16. The maximum Gasteiger partial charge on any atom is 0.221 e. The van der Waals surface area contributed by atoms with Gasteiger partial charge in [-0.1, -0.05) is 43.2 Å². The smallest absolute Gasteiger partial charge is 0.221 e. The molecule has 1 aliphatic carbocycles. The Morgan fingerprint density at radius 1 is 1.29 bits per heavy atom. The molecule has 0 unspecified atom stereocenters. The maximum atomic E-state index is 12.3. The van der Waals surface area contributed by atoms with Crippen molar-refractivity contribution < 1.29 is 4.79 Å². The number of aromatic amines is 1. The molecule has 0 spiro atoms. The topological polar surface area (TPSA) is 57.8 Å². The van der Waals surface area contributed by atoms with Crippen LogP contribution in [0.15, 0.2) is 42.7 Å². The van der Waals surface area contributed by atoms with E-state index in [1.54, 1.807) is 12.4 Å². The molecule has 1 aromatic heterocycles. The lowest BCUT2D eigenvalue weighted by Gasteiger charge is -2.17. The maximum absolute atomic E-state index is 12.3. The molecule has 2 aromatic rings. The van der Waals surface area contributed by atoms with Crippen molar-refractivity contribution >= 4 is 5.91 Å². The Kier molecular flexibility index (Phi) is 4.34. The Labute approximate surface area is 125 Å². The highest BCUT2D eigenvalue weighted by Crippen LogP contribution is 2.26. The normalized spacial score (nSPS) is 16.8. The molecule has 1 aliphatic rings. The van der Waals surface area contributed by atoms with E-state index < -0.39 is 0 Å². The van der Waals surface area contributed by atoms with Gasteiger partial charge in [0.15, 0.2) is 0 Å². The Hall–Kier alpha value is -2.10. The first-order valence-electron chi connectivity index (χ1n) is 7.66. The summed E-state index contributed by atoms with van der Waals surface area (Å²) in [6.07, 6.45) is 8.66. The minimum Gasteiger partial charge on any atom is -0.353 e. The van der Waals surface area contributed by atoms with Crippen molar-refractivity contribution in [2.75, 3.05) is 0 Å². The fourth-order valence-corrected chi connectivity index (χ4v) is 3.07. The van der Waals surface area contributed by atoms with Crippen LogP contribution in [0.2, 0.25) is 0 Å². The molecule has 1 heterocycles. The van der Waals surface area contributed by atoms with E-state index in [0.29, 0.717) is 12.5 Å². The first-order chi connectivity index (χ1) is 10.3. The van der Waals surface area contributed by atoms with Gasteiger partial charge >= 0.3 is 0 Å². The summed E-state index contributed by atoms with van der Waals surface area (Å²) in [6, 6.07) is 10.5. The molecule has 1 aromatic carbocycles. The highest BCUT2D eigenvalue weighted by molar-refractivity contribution is 5.77. The second kappa shape index (κ2) is 6.57. The van der Waals surface area contributed by atoms with Gasteiger partial charge in [0.25, 0.3) is 0 Å². The molecule has 21 heavy (non-hydrogen) atoms. The average molecular weight is 283 g/mol. The summed E-state index contributed by atoms with van der Waals surface area (Å²) in [5.41, 5.74) is 1.12. The SMILES string of the molecule is O=C(C[C@H](c1ccccc1)c1ncc[nH]1)NC1CCCC1. The lowest BCUT2D eigenvalue weighted by atomic mass is 9.94. The van der Waals surface area contributed by atoms with E-state index in [1.807, 2.05) is 18.2 Å². The van der Waals surface area contributed by atoms with E-state index in [9.17, 15) is 4.79 Å². The molecular weight excluding hydrogens is 262 g/mol. The summed E-state index contributed by atoms with van der Waals surface area (Å²) < 4.78 is 0. The van der Waals surface area contributed by atoms with Crippen LogP contribution >= 0.6 is 0 Å². The predicted octanol–water partition coefficient (Wildman–Crippen LogP) is 2.99. The number of carbonyl (C=O) groups is 1. The van der Waals surface area contributed by atoms with Crippen molar-refractivity contribution in [1.82, 2.24) is 15.3 Å². The zero-order valence-electron chi connectivity index (χ0n) is 12.1. The molecule has 1 amide bonds. The second-order valence-electron chi connectivity index (χ2n) is 5.69. The summed E-state index contributed by atoms with van der Waals surface area (Å²) in [7, 11) is 0. The van der Waals surface area contributed by atoms with Gasteiger partial charge in [-0.2, -0.15) is 0 Å². The second-order valence-corrected chi connectivity index (χ2v) is 5.69. The van der Waals surface area contributed by atoms with E-state index in [2.05, 4.69) is 27.4 Å². The van der Waals surface area contributed by atoms with E-state index in [1.165, 1.54) is 12.8 Å². The van der Waals surface area contributed by atoms with Gasteiger partial charge in [0.05, 0.1) is 5.92 Å². The van der Waals surface area contributed by atoms with E-state index >= 15 is 0 Å². The third-order valence-electron chi connectivity index (χ3n) is 4.16. The van der Waals surface area contributed by atoms with Crippen LogP contribution in [0, 0.1) is 0 Å². The van der Waals surface area contributed by atoms with Gasteiger partial charge in [-0.3, -0.25) is 4.79 Å². The molecule has 0 aliphatic heterocycles. The van der Waals surface area contributed by atoms with E-state index in [-0.39, 0.29) is 11.8 Å². The van der Waals surface area contributed by atoms with Gasteiger partial charge in [-0.25, -0.2) is 4.98 Å². The number of imidazole rings is 1. The van der Waals surface area contributed by atoms with E-state index in [0.717, 1.165) is 24.2 Å². The summed E-state index contributed by atoms with van der Waals surface area (Å²) >= 11 is 0. The third kappa shape index (κ3) is 3.51. The monoisotopic (exact) mass is 283 g/mol. The average Bonchev–Trinajstić information content (AvgIpc) is 3.19. The lowest BCUT2D eigenvalue weighted by Crippen LogP contribution is -2.33. The number of aromatic nitrogens is 2. The van der Waals surface area contributed by atoms with Crippen LogP contribution in [0.1, 0.15) is 49.4 Å². The van der Waals surface area contributed by atoms with Crippen LogP contribution in [0.3, 0.4) is 0 Å². The number of carbonyl (C=O) groups excluding carboxylic acids is 1. The minimum atomic E-state index is -0.0115. The van der Waals surface area contributed by atoms with E-state index in [4.69, 9.17) is 0 Å². The largest absolute Gasteiger partial charge is 0.353 e. The van der Waals surface area contributed by atoms with Crippen molar-refractivity contribution in [3.63, 3.8) is 0 Å². The summed E-state index contributed by atoms with van der Waals surface area (Å²) in [6.45, 7) is 0. The number of hydrogen-bond donors (Lipinski definition) is 2. The zero-order valence-corrected chi connectivity index (χ0v) is 12.1. The van der Waals surface area contributed by atoms with Crippen LogP contribution in [0.5, 0.6) is 0 Å². The van der Waals surface area contributed by atoms with Crippen molar-refractivity contribution in [3.05, 3.63) is 54.1 Å². The third-order valence-corrected chi connectivity index (χ3v) is 4.16. The molecule has 1 saturated carbocycles. The van der Waals surface area contributed by atoms with Gasteiger partial charge < -0.3 is 10.3 Å². The summed E-state index contributed by atoms with van der Waals surface area (Å²) in [5.74, 6) is 0.956. The molecular formula is C17H21N3O. The van der Waals surface area contributed by atoms with Gasteiger partial charge in [0, 0.05) is 24.9 Å². The van der Waals surface area contributed by atoms with Crippen LogP contribution in [0.25, 0.3) is 0 Å². The van der Waals surface area contributed by atoms with Gasteiger partial charge in [-0.05, 0) is 18.4 Å². The van der Waals surface area contributed by atoms with Crippen LogP contribution in [-0.2, 0) is 4.79 Å². The quantitative estimate of drug-likeness (QED) is 0.886. The Balaban J connectivity index is 1.72. The number of rotatable bonds is 5. The molecule has 4 heteroatoms. The van der Waals surface area contributed by atoms with Crippen molar-refractivity contribution in [2.45, 2.75) is 44.1 Å². The Morgan fingerprint density at radius 3 is 2.71 bits per heavy atom. The molecule has 1 fully saturated rings. The van der Waals surface area contributed by atoms with Crippen LogP contribution in [-0.4, -0.2) is 21.9 Å². The van der Waals surface area contributed by atoms with Crippen molar-refractivity contribution in [3.8, 4) is 0 Å². The van der Waals surface area contributed by atoms with Crippen molar-refractivity contribution in [1.29, 1.82) is 0 Å². The molecule has 0 saturated heterocycles. The molecule has 3 rings (SSSR count). The fraction of sp³-hybridized carbons (Fsp3) is 0.412. The number of hydrogen-bond acceptors (Lipinski definition) is 2. The highest BCUT2D eigenvalue weighted by Gasteiger charge is 2.23. The standard InChI is InChI=1S/C17H21N3O/c21-16(20-14-8-4-5-9-14)12-15(17-18-10-11-19-17)13-6-2-1-3-7-13/h1-3,6-7,10-11,14-15H,4-5,8-9,12H2,(H,18,19)(H,20,21)/t15-/m1/s1. The van der Waals surface area contributed by atoms with Crippen molar-refractivity contribution in [2.24, 2.45) is 0 Å². The predicted molar refractivity (Wildman–Crippen MR) is 81.9 cm³/mol. The number of nitrogens with zero attached hydrogens (tertiary/aromatic N) is 1. The summed E-state index contributed by atoms with van der Waals surface area (Å²) in [4.78, 5) is 19.8. The van der Waals surface area contributed by atoms with Crippen LogP contribution < -0.4 is 5.32 Å². The lowest BCUT2D eigenvalue weighted by molar-refractivity contribution is -0.122. The minimum absolute atomic E-state index is 0.0115. The highest BCUT2D eigenvalue weighted by atomic mass is 16.1. The zero-order chi connectivity index (χ0) is 14.5. The first kappa shape index (κ1) is 13.9. The molecule has 1 atom stereocenters. The number of H-pyrrole nitrogens is 1. The van der Waals surface area contributed by atoms with Gasteiger partial charge in [-0.15, -0.1) is 0 Å². The Bertz CT molecular complexity index is 559. The molecule has 2 N–H and O–H groups in total. The van der Waals surface area contributed by atoms with Gasteiger partial charge in [0.1, 0.15) is 5.82 Å². The number of benzene rings is 1. The molecule has 0 radical (unpaired) electrons. The number of nitrogens with one attached hydrogen (secondary N) is 2. The Morgan fingerprint density at radius 2 is 2.05 bits per heavy atom. The van der Waals surface area contributed by atoms with Crippen LogP contribution in [0.4, 0.5) is 0 Å². The molecule has 110 valence electrons. The first-order valence-corrected chi connectivity index (χ1v) is 7.66. The molecule has 0 bridgehead atoms. The van der Waals surface area contributed by atoms with Gasteiger partial charge in [0.2, 0.25) is 5.91 Å². The fourth-order valence-electron chi connectivity index (χ4n) is 3.07.